The molecule has 1 unspecified atom stereocenters. The van der Waals surface area contributed by atoms with Crippen LogP contribution in [-0.4, -0.2) is 17.8 Å². The molecule has 2 rings (SSSR count). The Morgan fingerprint density at radius 3 is 3.00 bits per heavy atom. The van der Waals surface area contributed by atoms with Gasteiger partial charge in [-0.3, -0.25) is 0 Å². The molecule has 2 aromatic rings. The van der Waals surface area contributed by atoms with E-state index in [4.69, 9.17) is 5.11 Å². The second-order valence-electron chi connectivity index (χ2n) is 3.74. The smallest absolute Gasteiger partial charge is 0.0636 e. The molecule has 1 atom stereocenters. The molecule has 0 fully saturated rings. The standard InChI is InChI=1S/C12H15NOS/c1-9(14)6-13-7-10-8-15-12-5-3-2-4-11(10)12/h2-5,8-9,13-14H,6-7H2,1H3. The molecular weight excluding hydrogens is 206 g/mol. The van der Waals surface area contributed by atoms with Crippen LogP contribution >= 0.6 is 11.3 Å². The zero-order chi connectivity index (χ0) is 10.7. The SMILES string of the molecule is CC(O)CNCc1csc2ccccc12. The molecule has 0 radical (unpaired) electrons. The minimum Gasteiger partial charge on any atom is -0.392 e. The number of hydrogen-bond acceptors (Lipinski definition) is 3. The number of rotatable bonds is 4. The summed E-state index contributed by atoms with van der Waals surface area (Å²) in [5, 5.41) is 15.9. The maximum atomic E-state index is 9.13. The van der Waals surface area contributed by atoms with E-state index >= 15 is 0 Å². The van der Waals surface area contributed by atoms with Crippen molar-refractivity contribution in [3.8, 4) is 0 Å². The second kappa shape index (κ2) is 4.75. The van der Waals surface area contributed by atoms with E-state index < -0.39 is 0 Å². The molecular formula is C12H15NOS. The molecule has 0 aliphatic carbocycles. The quantitative estimate of drug-likeness (QED) is 0.830. The summed E-state index contributed by atoms with van der Waals surface area (Å²) in [6.07, 6.45) is -0.283. The summed E-state index contributed by atoms with van der Waals surface area (Å²) in [6, 6.07) is 8.41. The van der Waals surface area contributed by atoms with Gasteiger partial charge in [0, 0.05) is 17.8 Å². The van der Waals surface area contributed by atoms with Crippen LogP contribution in [0.15, 0.2) is 29.6 Å². The molecule has 0 saturated carbocycles. The number of benzene rings is 1. The lowest BCUT2D eigenvalue weighted by Crippen LogP contribution is -2.23. The van der Waals surface area contributed by atoms with Gasteiger partial charge in [-0.2, -0.15) is 0 Å². The number of hydrogen-bond donors (Lipinski definition) is 2. The summed E-state index contributed by atoms with van der Waals surface area (Å²) < 4.78 is 1.33. The molecule has 1 aromatic heterocycles. The molecule has 3 heteroatoms. The normalized spacial score (nSPS) is 13.2. The van der Waals surface area contributed by atoms with Crippen molar-refractivity contribution in [1.82, 2.24) is 5.32 Å². The van der Waals surface area contributed by atoms with Crippen LogP contribution in [0.4, 0.5) is 0 Å². The second-order valence-corrected chi connectivity index (χ2v) is 4.65. The van der Waals surface area contributed by atoms with Gasteiger partial charge in [0.15, 0.2) is 0 Å². The molecule has 0 saturated heterocycles. The number of nitrogens with one attached hydrogen (secondary N) is 1. The first-order valence-electron chi connectivity index (χ1n) is 5.11. The first kappa shape index (κ1) is 10.6. The maximum Gasteiger partial charge on any atom is 0.0636 e. The third-order valence-corrected chi connectivity index (χ3v) is 3.33. The van der Waals surface area contributed by atoms with Crippen molar-refractivity contribution in [2.24, 2.45) is 0 Å². The van der Waals surface area contributed by atoms with Crippen molar-refractivity contribution in [3.63, 3.8) is 0 Å². The first-order chi connectivity index (χ1) is 7.27. The van der Waals surface area contributed by atoms with Crippen molar-refractivity contribution in [2.75, 3.05) is 6.54 Å². The van der Waals surface area contributed by atoms with E-state index in [1.165, 1.54) is 15.6 Å². The topological polar surface area (TPSA) is 32.3 Å². The van der Waals surface area contributed by atoms with Gasteiger partial charge in [0.25, 0.3) is 0 Å². The molecule has 15 heavy (non-hydrogen) atoms. The Hall–Kier alpha value is -0.900. The summed E-state index contributed by atoms with van der Waals surface area (Å²) in [4.78, 5) is 0. The zero-order valence-corrected chi connectivity index (χ0v) is 9.55. The van der Waals surface area contributed by atoms with Gasteiger partial charge in [-0.05, 0) is 29.3 Å². The third-order valence-electron chi connectivity index (χ3n) is 2.32. The molecule has 0 spiro atoms. The highest BCUT2D eigenvalue weighted by Crippen LogP contribution is 2.25. The van der Waals surface area contributed by atoms with Gasteiger partial charge in [-0.25, -0.2) is 0 Å². The van der Waals surface area contributed by atoms with Crippen LogP contribution in [0.2, 0.25) is 0 Å². The minimum absolute atomic E-state index is 0.283. The van der Waals surface area contributed by atoms with Gasteiger partial charge in [0.2, 0.25) is 0 Å². The van der Waals surface area contributed by atoms with Crippen molar-refractivity contribution in [1.29, 1.82) is 0 Å². The molecule has 80 valence electrons. The van der Waals surface area contributed by atoms with Gasteiger partial charge >= 0.3 is 0 Å². The number of aliphatic hydroxyl groups excluding tert-OH is 1. The Morgan fingerprint density at radius 2 is 2.20 bits per heavy atom. The third kappa shape index (κ3) is 2.56. The van der Waals surface area contributed by atoms with E-state index in [2.05, 4.69) is 35.0 Å². The van der Waals surface area contributed by atoms with E-state index in [-0.39, 0.29) is 6.10 Å². The Bertz CT molecular complexity index is 436. The molecule has 2 N–H and O–H groups in total. The van der Waals surface area contributed by atoms with Gasteiger partial charge < -0.3 is 10.4 Å². The van der Waals surface area contributed by atoms with Crippen molar-refractivity contribution in [2.45, 2.75) is 19.6 Å². The summed E-state index contributed by atoms with van der Waals surface area (Å²) in [5.74, 6) is 0. The lowest BCUT2D eigenvalue weighted by Gasteiger charge is -2.05. The summed E-state index contributed by atoms with van der Waals surface area (Å²) in [5.41, 5.74) is 1.32. The highest BCUT2D eigenvalue weighted by molar-refractivity contribution is 7.17. The predicted octanol–water partition coefficient (Wildman–Crippen LogP) is 2.37. The summed E-state index contributed by atoms with van der Waals surface area (Å²) in [7, 11) is 0. The maximum absolute atomic E-state index is 9.13. The van der Waals surface area contributed by atoms with E-state index in [0.29, 0.717) is 6.54 Å². The molecule has 0 amide bonds. The van der Waals surface area contributed by atoms with Crippen LogP contribution < -0.4 is 5.32 Å². The van der Waals surface area contributed by atoms with Gasteiger partial charge in [-0.15, -0.1) is 11.3 Å². The van der Waals surface area contributed by atoms with Crippen molar-refractivity contribution >= 4 is 21.4 Å². The van der Waals surface area contributed by atoms with Crippen LogP contribution in [0.3, 0.4) is 0 Å². The largest absolute Gasteiger partial charge is 0.392 e. The highest BCUT2D eigenvalue weighted by atomic mass is 32.1. The van der Waals surface area contributed by atoms with Gasteiger partial charge in [0.1, 0.15) is 0 Å². The fourth-order valence-corrected chi connectivity index (χ4v) is 2.55. The van der Waals surface area contributed by atoms with Gasteiger partial charge in [0.05, 0.1) is 6.10 Å². The van der Waals surface area contributed by atoms with Crippen LogP contribution in [-0.2, 0) is 6.54 Å². The van der Waals surface area contributed by atoms with E-state index in [1.54, 1.807) is 18.3 Å². The monoisotopic (exact) mass is 221 g/mol. The van der Waals surface area contributed by atoms with Crippen LogP contribution in [0, 0.1) is 0 Å². The molecule has 0 bridgehead atoms. The predicted molar refractivity (Wildman–Crippen MR) is 65.2 cm³/mol. The van der Waals surface area contributed by atoms with Crippen molar-refractivity contribution in [3.05, 3.63) is 35.2 Å². The molecule has 1 aromatic carbocycles. The highest BCUT2D eigenvalue weighted by Gasteiger charge is 2.02. The molecule has 0 aliphatic rings. The summed E-state index contributed by atoms with van der Waals surface area (Å²) in [6.45, 7) is 3.26. The average Bonchev–Trinajstić information content (AvgIpc) is 2.62. The number of fused-ring (bicyclic) bond motifs is 1. The van der Waals surface area contributed by atoms with E-state index in [1.807, 2.05) is 0 Å². The summed E-state index contributed by atoms with van der Waals surface area (Å²) >= 11 is 1.77. The van der Waals surface area contributed by atoms with Gasteiger partial charge in [-0.1, -0.05) is 18.2 Å². The first-order valence-corrected chi connectivity index (χ1v) is 5.99. The van der Waals surface area contributed by atoms with Crippen LogP contribution in [0.5, 0.6) is 0 Å². The molecule has 0 aliphatic heterocycles. The Morgan fingerprint density at radius 1 is 1.40 bits per heavy atom. The van der Waals surface area contributed by atoms with Crippen LogP contribution in [0.25, 0.3) is 10.1 Å². The number of aliphatic hydroxyl groups is 1. The zero-order valence-electron chi connectivity index (χ0n) is 8.73. The molecule has 2 nitrogen and oxygen atoms in total. The van der Waals surface area contributed by atoms with Crippen LogP contribution in [0.1, 0.15) is 12.5 Å². The number of thiophene rings is 1. The Labute approximate surface area is 93.6 Å². The van der Waals surface area contributed by atoms with E-state index in [9.17, 15) is 0 Å². The fourth-order valence-electron chi connectivity index (χ4n) is 1.59. The lowest BCUT2D eigenvalue weighted by molar-refractivity contribution is 0.191. The van der Waals surface area contributed by atoms with Crippen molar-refractivity contribution < 1.29 is 5.11 Å². The average molecular weight is 221 g/mol. The Balaban J connectivity index is 2.08. The fraction of sp³-hybridized carbons (Fsp3) is 0.333. The minimum atomic E-state index is -0.283. The Kier molecular flexibility index (Phi) is 3.36. The lowest BCUT2D eigenvalue weighted by atomic mass is 10.2. The molecule has 1 heterocycles. The van der Waals surface area contributed by atoms with E-state index in [0.717, 1.165) is 6.54 Å².